The van der Waals surface area contributed by atoms with E-state index in [4.69, 9.17) is 0 Å². The highest BCUT2D eigenvalue weighted by Crippen LogP contribution is 2.34. The quantitative estimate of drug-likeness (QED) is 0.809. The Balaban J connectivity index is 2.00. The van der Waals surface area contributed by atoms with Crippen molar-refractivity contribution in [3.63, 3.8) is 0 Å². The number of fused-ring (bicyclic) bond motifs is 3. The largest absolute Gasteiger partial charge is 0.348 e. The molecule has 0 spiro atoms. The van der Waals surface area contributed by atoms with Crippen LogP contribution in [0.2, 0.25) is 0 Å². The fourth-order valence-corrected chi connectivity index (χ4v) is 2.82. The van der Waals surface area contributed by atoms with E-state index in [1.165, 1.54) is 6.07 Å². The first-order valence-electron chi connectivity index (χ1n) is 5.94. The van der Waals surface area contributed by atoms with Crippen LogP contribution in [0.25, 0.3) is 0 Å². The average molecular weight is 239 g/mol. The number of nitrogens with zero attached hydrogens (tertiary/aromatic N) is 2. The number of aromatic nitrogens is 1. The van der Waals surface area contributed by atoms with Gasteiger partial charge in [-0.25, -0.2) is 13.8 Å². The Bertz CT molecular complexity index is 436. The molecule has 0 aromatic carbocycles. The van der Waals surface area contributed by atoms with E-state index < -0.39 is 6.43 Å². The van der Waals surface area contributed by atoms with Crippen LogP contribution < -0.4 is 10.2 Å². The molecule has 5 heteroatoms. The van der Waals surface area contributed by atoms with Gasteiger partial charge in [-0.3, -0.25) is 0 Å². The summed E-state index contributed by atoms with van der Waals surface area (Å²) in [6.45, 7) is 3.90. The molecule has 1 unspecified atom stereocenters. The second-order valence-electron chi connectivity index (χ2n) is 4.79. The van der Waals surface area contributed by atoms with Gasteiger partial charge in [0.25, 0.3) is 6.43 Å². The van der Waals surface area contributed by atoms with E-state index in [0.717, 1.165) is 30.9 Å². The molecule has 0 amide bonds. The molecule has 3 heterocycles. The van der Waals surface area contributed by atoms with Crippen molar-refractivity contribution in [1.82, 2.24) is 10.3 Å². The molecule has 0 bridgehead atoms. The van der Waals surface area contributed by atoms with Crippen LogP contribution in [0.15, 0.2) is 12.1 Å². The van der Waals surface area contributed by atoms with Gasteiger partial charge in [0.2, 0.25) is 0 Å². The summed E-state index contributed by atoms with van der Waals surface area (Å²) < 4.78 is 25.3. The number of nitrogens with one attached hydrogen (secondary N) is 1. The van der Waals surface area contributed by atoms with Crippen molar-refractivity contribution < 1.29 is 8.78 Å². The number of halogens is 2. The molecular formula is C12H15F2N3. The summed E-state index contributed by atoms with van der Waals surface area (Å²) in [6, 6.07) is 3.93. The van der Waals surface area contributed by atoms with Crippen molar-refractivity contribution in [2.24, 2.45) is 0 Å². The van der Waals surface area contributed by atoms with Gasteiger partial charge in [0, 0.05) is 25.2 Å². The molecule has 3 nitrogen and oxygen atoms in total. The second-order valence-corrected chi connectivity index (χ2v) is 4.79. The predicted molar refractivity (Wildman–Crippen MR) is 61.5 cm³/mol. The third-order valence-corrected chi connectivity index (χ3v) is 3.59. The van der Waals surface area contributed by atoms with E-state index in [9.17, 15) is 8.78 Å². The summed E-state index contributed by atoms with van der Waals surface area (Å²) in [6.07, 6.45) is -1.58. The van der Waals surface area contributed by atoms with Crippen LogP contribution in [0.5, 0.6) is 0 Å². The number of piperazine rings is 1. The van der Waals surface area contributed by atoms with Crippen LogP contribution in [0.4, 0.5) is 14.6 Å². The molecule has 1 aromatic heterocycles. The Morgan fingerprint density at radius 2 is 2.24 bits per heavy atom. The van der Waals surface area contributed by atoms with Crippen molar-refractivity contribution in [1.29, 1.82) is 0 Å². The maximum absolute atomic E-state index is 12.7. The number of alkyl halides is 2. The molecule has 0 radical (unpaired) electrons. The lowest BCUT2D eigenvalue weighted by atomic mass is 10.1. The van der Waals surface area contributed by atoms with Gasteiger partial charge in [-0.15, -0.1) is 0 Å². The third kappa shape index (κ3) is 1.69. The van der Waals surface area contributed by atoms with E-state index >= 15 is 0 Å². The molecular weight excluding hydrogens is 224 g/mol. The Kier molecular flexibility index (Phi) is 2.50. The molecule has 1 saturated heterocycles. The van der Waals surface area contributed by atoms with E-state index in [0.29, 0.717) is 12.1 Å². The minimum atomic E-state index is -2.49. The summed E-state index contributed by atoms with van der Waals surface area (Å²) in [7, 11) is 0. The average Bonchev–Trinajstić information content (AvgIpc) is 2.67. The summed E-state index contributed by atoms with van der Waals surface area (Å²) in [5.74, 6) is 0.766. The molecule has 2 atom stereocenters. The van der Waals surface area contributed by atoms with Crippen molar-refractivity contribution in [3.8, 4) is 0 Å². The number of pyridine rings is 1. The summed E-state index contributed by atoms with van der Waals surface area (Å²) >= 11 is 0. The topological polar surface area (TPSA) is 28.2 Å². The molecule has 3 rings (SSSR count). The molecule has 2 aliphatic rings. The maximum atomic E-state index is 12.7. The van der Waals surface area contributed by atoms with Gasteiger partial charge in [0.15, 0.2) is 0 Å². The fraction of sp³-hybridized carbons (Fsp3) is 0.583. The van der Waals surface area contributed by atoms with E-state index in [1.807, 2.05) is 0 Å². The summed E-state index contributed by atoms with van der Waals surface area (Å²) in [5, 5.41) is 3.36. The molecule has 1 N–H and O–H groups in total. The highest BCUT2D eigenvalue weighted by atomic mass is 19.3. The highest BCUT2D eigenvalue weighted by molar-refractivity contribution is 5.56. The highest BCUT2D eigenvalue weighted by Gasteiger charge is 2.36. The fourth-order valence-electron chi connectivity index (χ4n) is 2.82. The number of hydrogen-bond acceptors (Lipinski definition) is 3. The van der Waals surface area contributed by atoms with Crippen LogP contribution in [0.3, 0.4) is 0 Å². The molecule has 1 aromatic rings. The lowest BCUT2D eigenvalue weighted by Gasteiger charge is -2.37. The van der Waals surface area contributed by atoms with Gasteiger partial charge < -0.3 is 10.2 Å². The van der Waals surface area contributed by atoms with Gasteiger partial charge in [-0.2, -0.15) is 0 Å². The first-order valence-corrected chi connectivity index (χ1v) is 5.94. The first-order chi connectivity index (χ1) is 8.16. The van der Waals surface area contributed by atoms with Crippen LogP contribution in [-0.4, -0.2) is 30.2 Å². The lowest BCUT2D eigenvalue weighted by Crippen LogP contribution is -2.55. The van der Waals surface area contributed by atoms with Crippen molar-refractivity contribution in [2.45, 2.75) is 31.9 Å². The van der Waals surface area contributed by atoms with Gasteiger partial charge in [0.05, 0.1) is 0 Å². The normalized spacial score (nSPS) is 27.2. The summed E-state index contributed by atoms with van der Waals surface area (Å²) in [5.41, 5.74) is 0.977. The van der Waals surface area contributed by atoms with Crippen molar-refractivity contribution in [2.75, 3.05) is 18.0 Å². The minimum absolute atomic E-state index is 0.116. The number of anilines is 1. The Morgan fingerprint density at radius 1 is 1.41 bits per heavy atom. The number of rotatable bonds is 1. The molecule has 0 saturated carbocycles. The zero-order chi connectivity index (χ0) is 12.0. The first kappa shape index (κ1) is 10.9. The summed E-state index contributed by atoms with van der Waals surface area (Å²) in [4.78, 5) is 6.33. The molecule has 17 heavy (non-hydrogen) atoms. The van der Waals surface area contributed by atoms with Gasteiger partial charge >= 0.3 is 0 Å². The van der Waals surface area contributed by atoms with Crippen LogP contribution in [-0.2, 0) is 6.42 Å². The van der Waals surface area contributed by atoms with Crippen LogP contribution in [0.1, 0.15) is 24.6 Å². The van der Waals surface area contributed by atoms with Gasteiger partial charge in [-0.1, -0.05) is 6.07 Å². The van der Waals surface area contributed by atoms with Crippen LogP contribution >= 0.6 is 0 Å². The van der Waals surface area contributed by atoms with E-state index in [-0.39, 0.29) is 5.69 Å². The Hall–Kier alpha value is -1.23. The van der Waals surface area contributed by atoms with Gasteiger partial charge in [0.1, 0.15) is 11.5 Å². The van der Waals surface area contributed by atoms with Gasteiger partial charge in [-0.05, 0) is 25.0 Å². The monoisotopic (exact) mass is 239 g/mol. The maximum Gasteiger partial charge on any atom is 0.280 e. The SMILES string of the molecule is C[C@@H]1CNCC2Cc3ccc(C(F)F)nc3N21. The smallest absolute Gasteiger partial charge is 0.280 e. The number of hydrogen-bond donors (Lipinski definition) is 1. The molecule has 0 aliphatic carbocycles. The molecule has 92 valence electrons. The van der Waals surface area contributed by atoms with E-state index in [2.05, 4.69) is 22.1 Å². The third-order valence-electron chi connectivity index (χ3n) is 3.59. The van der Waals surface area contributed by atoms with Crippen molar-refractivity contribution in [3.05, 3.63) is 23.4 Å². The minimum Gasteiger partial charge on any atom is -0.348 e. The van der Waals surface area contributed by atoms with Crippen LogP contribution in [0, 0.1) is 0 Å². The van der Waals surface area contributed by atoms with Crippen molar-refractivity contribution >= 4 is 5.82 Å². The Morgan fingerprint density at radius 3 is 3.00 bits per heavy atom. The zero-order valence-electron chi connectivity index (χ0n) is 9.66. The standard InChI is InChI=1S/C12H15F2N3/c1-7-5-15-6-9-4-8-2-3-10(11(13)14)16-12(8)17(7)9/h2-3,7,9,11,15H,4-6H2,1H3/t7-,9?/m1/s1. The Labute approximate surface area is 98.8 Å². The molecule has 1 fully saturated rings. The zero-order valence-corrected chi connectivity index (χ0v) is 9.66. The lowest BCUT2D eigenvalue weighted by molar-refractivity contribution is 0.146. The second kappa shape index (κ2) is 3.91. The van der Waals surface area contributed by atoms with E-state index in [1.54, 1.807) is 6.07 Å². The predicted octanol–water partition coefficient (Wildman–Crippen LogP) is 1.74. The molecule has 2 aliphatic heterocycles.